The van der Waals surface area contributed by atoms with Crippen molar-refractivity contribution in [3.05, 3.63) is 0 Å². The smallest absolute Gasteiger partial charge is 0.305 e. The van der Waals surface area contributed by atoms with Crippen molar-refractivity contribution < 1.29 is 14.3 Å². The summed E-state index contributed by atoms with van der Waals surface area (Å²) in [6.45, 7) is 2.13. The molecule has 12 heavy (non-hydrogen) atoms. The standard InChI is InChI=1S/C8H13NO3/c1-2-12-7(11)3-4-8(9)5-6(8)10/h2-5,9H2,1H3. The first-order chi connectivity index (χ1) is 5.58. The number of hydrogen-bond donors (Lipinski definition) is 1. The summed E-state index contributed by atoms with van der Waals surface area (Å²) in [5.74, 6) is -0.228. The van der Waals surface area contributed by atoms with Crippen LogP contribution in [0.25, 0.3) is 0 Å². The van der Waals surface area contributed by atoms with E-state index in [0.29, 0.717) is 19.4 Å². The number of carbonyl (C=O) groups excluding carboxylic acids is 2. The Kier molecular flexibility index (Phi) is 2.47. The van der Waals surface area contributed by atoms with Gasteiger partial charge in [0.25, 0.3) is 0 Å². The van der Waals surface area contributed by atoms with Gasteiger partial charge in [-0.05, 0) is 13.3 Å². The molecule has 1 saturated carbocycles. The van der Waals surface area contributed by atoms with E-state index in [4.69, 9.17) is 10.5 Å². The van der Waals surface area contributed by atoms with Crippen molar-refractivity contribution in [1.82, 2.24) is 0 Å². The molecule has 68 valence electrons. The van der Waals surface area contributed by atoms with Crippen molar-refractivity contribution >= 4 is 11.8 Å². The van der Waals surface area contributed by atoms with Crippen LogP contribution in [-0.4, -0.2) is 23.9 Å². The number of carbonyl (C=O) groups is 2. The van der Waals surface area contributed by atoms with Crippen LogP contribution in [0.3, 0.4) is 0 Å². The second-order valence-corrected chi connectivity index (χ2v) is 3.06. The van der Waals surface area contributed by atoms with E-state index in [9.17, 15) is 9.59 Å². The number of nitrogens with two attached hydrogens (primary N) is 1. The van der Waals surface area contributed by atoms with Crippen molar-refractivity contribution in [3.8, 4) is 0 Å². The molecular weight excluding hydrogens is 158 g/mol. The highest BCUT2D eigenvalue weighted by atomic mass is 16.5. The van der Waals surface area contributed by atoms with E-state index in [1.807, 2.05) is 0 Å². The SMILES string of the molecule is CCOC(=O)CCC1(N)CC1=O. The van der Waals surface area contributed by atoms with Crippen molar-refractivity contribution in [2.24, 2.45) is 5.73 Å². The van der Waals surface area contributed by atoms with Crippen LogP contribution in [0.1, 0.15) is 26.2 Å². The fraction of sp³-hybridized carbons (Fsp3) is 0.750. The Bertz CT molecular complexity index is 214. The molecule has 0 aromatic rings. The minimum absolute atomic E-state index is 0.0480. The lowest BCUT2D eigenvalue weighted by Crippen LogP contribution is -2.26. The first kappa shape index (κ1) is 9.19. The molecule has 1 atom stereocenters. The lowest BCUT2D eigenvalue weighted by molar-refractivity contribution is -0.143. The van der Waals surface area contributed by atoms with Crippen LogP contribution in [0.5, 0.6) is 0 Å². The van der Waals surface area contributed by atoms with Gasteiger partial charge in [-0.3, -0.25) is 9.59 Å². The molecule has 1 aliphatic rings. The highest BCUT2D eigenvalue weighted by Crippen LogP contribution is 2.31. The lowest BCUT2D eigenvalue weighted by atomic mass is 10.1. The number of rotatable bonds is 4. The molecule has 0 radical (unpaired) electrons. The summed E-state index contributed by atoms with van der Waals surface area (Å²) in [5, 5.41) is 0. The molecule has 2 N–H and O–H groups in total. The highest BCUT2D eigenvalue weighted by molar-refractivity contribution is 6.05. The number of hydrogen-bond acceptors (Lipinski definition) is 4. The van der Waals surface area contributed by atoms with Crippen LogP contribution >= 0.6 is 0 Å². The summed E-state index contributed by atoms with van der Waals surface area (Å²) < 4.78 is 4.69. The molecule has 0 aromatic carbocycles. The van der Waals surface area contributed by atoms with Crippen molar-refractivity contribution in [2.75, 3.05) is 6.61 Å². The highest BCUT2D eigenvalue weighted by Gasteiger charge is 2.49. The maximum Gasteiger partial charge on any atom is 0.305 e. The quantitative estimate of drug-likeness (QED) is 0.604. The fourth-order valence-electron chi connectivity index (χ4n) is 1.03. The third-order valence-electron chi connectivity index (χ3n) is 1.99. The predicted octanol–water partition coefficient (Wildman–Crippen LogP) is 0.000000000000000111. The number of ketones is 1. The number of esters is 1. The molecule has 0 amide bonds. The summed E-state index contributed by atoms with van der Waals surface area (Å²) >= 11 is 0. The Morgan fingerprint density at radius 3 is 2.75 bits per heavy atom. The van der Waals surface area contributed by atoms with Gasteiger partial charge in [0.05, 0.1) is 12.1 Å². The van der Waals surface area contributed by atoms with Gasteiger partial charge in [0, 0.05) is 12.8 Å². The van der Waals surface area contributed by atoms with Crippen molar-refractivity contribution in [2.45, 2.75) is 31.7 Å². The average molecular weight is 171 g/mol. The average Bonchev–Trinajstić information content (AvgIpc) is 2.58. The van der Waals surface area contributed by atoms with Crippen LogP contribution in [-0.2, 0) is 14.3 Å². The first-order valence-corrected chi connectivity index (χ1v) is 4.06. The minimum Gasteiger partial charge on any atom is -0.466 e. The Morgan fingerprint density at radius 1 is 1.75 bits per heavy atom. The molecule has 1 unspecified atom stereocenters. The minimum atomic E-state index is -0.702. The Labute approximate surface area is 71.1 Å². The van der Waals surface area contributed by atoms with Gasteiger partial charge in [-0.1, -0.05) is 0 Å². The second kappa shape index (κ2) is 3.23. The summed E-state index contributed by atoms with van der Waals surface area (Å²) in [6.07, 6.45) is 1.08. The fourth-order valence-corrected chi connectivity index (χ4v) is 1.03. The van der Waals surface area contributed by atoms with E-state index >= 15 is 0 Å². The molecule has 4 nitrogen and oxygen atoms in total. The second-order valence-electron chi connectivity index (χ2n) is 3.06. The van der Waals surface area contributed by atoms with E-state index in [1.165, 1.54) is 0 Å². The van der Waals surface area contributed by atoms with Gasteiger partial charge in [-0.2, -0.15) is 0 Å². The van der Waals surface area contributed by atoms with Crippen LogP contribution in [0.4, 0.5) is 0 Å². The molecule has 0 aromatic heterocycles. The van der Waals surface area contributed by atoms with Gasteiger partial charge >= 0.3 is 5.97 Å². The Morgan fingerprint density at radius 2 is 2.33 bits per heavy atom. The summed E-state index contributed by atoms with van der Waals surface area (Å²) in [4.78, 5) is 21.5. The molecule has 4 heteroatoms. The monoisotopic (exact) mass is 171 g/mol. The van der Waals surface area contributed by atoms with E-state index in [0.717, 1.165) is 0 Å². The topological polar surface area (TPSA) is 69.4 Å². The van der Waals surface area contributed by atoms with Gasteiger partial charge in [0.2, 0.25) is 0 Å². The van der Waals surface area contributed by atoms with Crippen LogP contribution in [0.2, 0.25) is 0 Å². The summed E-state index contributed by atoms with van der Waals surface area (Å²) in [7, 11) is 0. The molecular formula is C8H13NO3. The van der Waals surface area contributed by atoms with Gasteiger partial charge in [-0.25, -0.2) is 0 Å². The molecule has 0 bridgehead atoms. The summed E-state index contributed by atoms with van der Waals surface area (Å²) in [6, 6.07) is 0. The summed E-state index contributed by atoms with van der Waals surface area (Å²) in [5.41, 5.74) is 4.88. The third-order valence-corrected chi connectivity index (χ3v) is 1.99. The van der Waals surface area contributed by atoms with E-state index < -0.39 is 5.54 Å². The van der Waals surface area contributed by atoms with E-state index in [-0.39, 0.29) is 18.2 Å². The van der Waals surface area contributed by atoms with Gasteiger partial charge < -0.3 is 10.5 Å². The third kappa shape index (κ3) is 2.04. The van der Waals surface area contributed by atoms with E-state index in [2.05, 4.69) is 0 Å². The van der Waals surface area contributed by atoms with Crippen LogP contribution in [0, 0.1) is 0 Å². The van der Waals surface area contributed by atoms with Gasteiger partial charge in [0.15, 0.2) is 5.78 Å². The van der Waals surface area contributed by atoms with Crippen molar-refractivity contribution in [1.29, 1.82) is 0 Å². The Hall–Kier alpha value is -0.900. The first-order valence-electron chi connectivity index (χ1n) is 4.06. The molecule has 1 aliphatic carbocycles. The van der Waals surface area contributed by atoms with Crippen molar-refractivity contribution in [3.63, 3.8) is 0 Å². The normalized spacial score (nSPS) is 27.0. The Balaban J connectivity index is 2.18. The van der Waals surface area contributed by atoms with Crippen LogP contribution in [0.15, 0.2) is 0 Å². The zero-order chi connectivity index (χ0) is 9.19. The molecule has 0 aliphatic heterocycles. The van der Waals surface area contributed by atoms with Gasteiger partial charge in [0.1, 0.15) is 0 Å². The predicted molar refractivity (Wildman–Crippen MR) is 42.4 cm³/mol. The molecule has 0 spiro atoms. The van der Waals surface area contributed by atoms with Gasteiger partial charge in [-0.15, -0.1) is 0 Å². The van der Waals surface area contributed by atoms with E-state index in [1.54, 1.807) is 6.92 Å². The zero-order valence-corrected chi connectivity index (χ0v) is 7.13. The number of Topliss-reactive ketones (excluding diaryl/α,β-unsaturated/α-hetero) is 1. The number of ether oxygens (including phenoxy) is 1. The maximum atomic E-state index is 10.8. The zero-order valence-electron chi connectivity index (χ0n) is 7.13. The largest absolute Gasteiger partial charge is 0.466 e. The maximum absolute atomic E-state index is 10.8. The lowest BCUT2D eigenvalue weighted by Gasteiger charge is -2.04. The molecule has 1 fully saturated rings. The van der Waals surface area contributed by atoms with Crippen LogP contribution < -0.4 is 5.73 Å². The molecule has 1 rings (SSSR count). The molecule has 0 heterocycles. The molecule has 0 saturated heterocycles.